The minimum absolute atomic E-state index is 0.0896. The van der Waals surface area contributed by atoms with Crippen LogP contribution in [0.25, 0.3) is 0 Å². The van der Waals surface area contributed by atoms with Crippen LogP contribution < -0.4 is 10.8 Å². The van der Waals surface area contributed by atoms with Crippen LogP contribution in [0.15, 0.2) is 59.7 Å². The number of hydrogen-bond donors (Lipinski definition) is 1. The van der Waals surface area contributed by atoms with Gasteiger partial charge in [-0.05, 0) is 31.5 Å². The molecule has 1 aromatic heterocycles. The van der Waals surface area contributed by atoms with Crippen molar-refractivity contribution in [2.75, 3.05) is 0 Å². The van der Waals surface area contributed by atoms with E-state index in [0.29, 0.717) is 5.49 Å². The molecule has 5 nitrogen and oxygen atoms in total. The Morgan fingerprint density at radius 2 is 1.75 bits per heavy atom. The van der Waals surface area contributed by atoms with E-state index in [1.54, 1.807) is 12.3 Å². The van der Waals surface area contributed by atoms with Crippen molar-refractivity contribution in [2.24, 2.45) is 4.99 Å². The number of aromatic nitrogens is 1. The molecular formula is C19H23N3O2. The number of carbonyl (C=O) groups excluding carboxylic acids is 2. The van der Waals surface area contributed by atoms with Crippen molar-refractivity contribution < 1.29 is 9.59 Å². The molecule has 5 heteroatoms. The molecular weight excluding hydrogens is 302 g/mol. The van der Waals surface area contributed by atoms with E-state index in [2.05, 4.69) is 10.3 Å². The van der Waals surface area contributed by atoms with E-state index in [1.807, 2.05) is 56.3 Å². The Morgan fingerprint density at radius 1 is 1.08 bits per heavy atom. The molecule has 0 bridgehead atoms. The summed E-state index contributed by atoms with van der Waals surface area (Å²) in [5.74, 6) is -0.278. The average molecular weight is 325 g/mol. The zero-order valence-corrected chi connectivity index (χ0v) is 14.3. The van der Waals surface area contributed by atoms with E-state index >= 15 is 0 Å². The number of hydrogen-bond acceptors (Lipinski definition) is 3. The molecule has 2 aromatic rings. The zero-order valence-electron chi connectivity index (χ0n) is 14.3. The quantitative estimate of drug-likeness (QED) is 0.918. The van der Waals surface area contributed by atoms with Gasteiger partial charge in [0.25, 0.3) is 0 Å². The van der Waals surface area contributed by atoms with E-state index in [0.717, 1.165) is 5.56 Å². The summed E-state index contributed by atoms with van der Waals surface area (Å²) in [6.07, 6.45) is 1.87. The third-order valence-corrected chi connectivity index (χ3v) is 3.46. The normalized spacial score (nSPS) is 12.9. The van der Waals surface area contributed by atoms with Gasteiger partial charge in [0.2, 0.25) is 11.8 Å². The number of amides is 1. The van der Waals surface area contributed by atoms with Crippen molar-refractivity contribution in [3.63, 3.8) is 0 Å². The maximum Gasteiger partial charge on any atom is 0.234 e. The van der Waals surface area contributed by atoms with E-state index < -0.39 is 0 Å². The fraction of sp³-hybridized carbons (Fsp3) is 0.316. The molecule has 126 valence electrons. The summed E-state index contributed by atoms with van der Waals surface area (Å²) in [6, 6.07) is 14.7. The van der Waals surface area contributed by atoms with Crippen LogP contribution in [0.3, 0.4) is 0 Å². The van der Waals surface area contributed by atoms with E-state index in [1.165, 1.54) is 11.5 Å². The van der Waals surface area contributed by atoms with Crippen LogP contribution in [0.4, 0.5) is 0 Å². The third kappa shape index (κ3) is 4.91. The molecule has 0 radical (unpaired) electrons. The highest BCUT2D eigenvalue weighted by atomic mass is 16.2. The Bertz CT molecular complexity index is 763. The van der Waals surface area contributed by atoms with E-state index in [-0.39, 0.29) is 30.3 Å². The number of carbonyl (C=O) groups is 2. The average Bonchev–Trinajstić information content (AvgIpc) is 2.54. The highest BCUT2D eigenvalue weighted by Gasteiger charge is 2.18. The molecule has 1 unspecified atom stereocenters. The first-order valence-corrected chi connectivity index (χ1v) is 8.04. The van der Waals surface area contributed by atoms with Crippen LogP contribution in [-0.2, 0) is 4.79 Å². The van der Waals surface area contributed by atoms with Gasteiger partial charge in [0.15, 0.2) is 0 Å². The molecule has 0 aliphatic rings. The van der Waals surface area contributed by atoms with Gasteiger partial charge >= 0.3 is 0 Å². The molecule has 1 amide bonds. The summed E-state index contributed by atoms with van der Waals surface area (Å²) >= 11 is 0. The predicted octanol–water partition coefficient (Wildman–Crippen LogP) is 2.70. The Hall–Kier alpha value is -2.69. The maximum atomic E-state index is 12.8. The molecule has 0 saturated carbocycles. The topological polar surface area (TPSA) is 63.5 Å². The number of nitrogens with zero attached hydrogens (tertiary/aromatic N) is 2. The Morgan fingerprint density at radius 3 is 2.38 bits per heavy atom. The number of rotatable bonds is 5. The maximum absolute atomic E-state index is 12.8. The van der Waals surface area contributed by atoms with Crippen LogP contribution in [0, 0.1) is 0 Å². The highest BCUT2D eigenvalue weighted by Crippen LogP contribution is 2.17. The summed E-state index contributed by atoms with van der Waals surface area (Å²) in [4.78, 5) is 28.8. The first-order valence-electron chi connectivity index (χ1n) is 8.04. The van der Waals surface area contributed by atoms with Gasteiger partial charge in [0.1, 0.15) is 5.49 Å². The minimum Gasteiger partial charge on any atom is -0.349 e. The molecule has 0 saturated heterocycles. The Labute approximate surface area is 142 Å². The van der Waals surface area contributed by atoms with Crippen molar-refractivity contribution in [1.82, 2.24) is 9.88 Å². The molecule has 0 aliphatic heterocycles. The van der Waals surface area contributed by atoms with Gasteiger partial charge in [-0.3, -0.25) is 19.1 Å². The first-order chi connectivity index (χ1) is 11.5. The summed E-state index contributed by atoms with van der Waals surface area (Å²) in [5.41, 5.74) is 1.52. The smallest absolute Gasteiger partial charge is 0.234 e. The lowest BCUT2D eigenvalue weighted by Crippen LogP contribution is -2.33. The van der Waals surface area contributed by atoms with Gasteiger partial charge in [0.05, 0.1) is 12.5 Å². The summed E-state index contributed by atoms with van der Waals surface area (Å²) < 4.78 is 1.54. The fourth-order valence-electron chi connectivity index (χ4n) is 2.47. The predicted molar refractivity (Wildman–Crippen MR) is 93.4 cm³/mol. The van der Waals surface area contributed by atoms with Crippen LogP contribution >= 0.6 is 0 Å². The van der Waals surface area contributed by atoms with Crippen molar-refractivity contribution in [1.29, 1.82) is 0 Å². The van der Waals surface area contributed by atoms with Crippen LogP contribution in [0.2, 0.25) is 0 Å². The van der Waals surface area contributed by atoms with Gasteiger partial charge in [-0.25, -0.2) is 0 Å². The lowest BCUT2D eigenvalue weighted by atomic mass is 10.0. The molecule has 1 N–H and O–H groups in total. The van der Waals surface area contributed by atoms with Crippen LogP contribution in [-0.4, -0.2) is 22.4 Å². The summed E-state index contributed by atoms with van der Waals surface area (Å²) in [5, 5.41) is 2.85. The molecule has 0 fully saturated rings. The number of pyridine rings is 1. The lowest BCUT2D eigenvalue weighted by Gasteiger charge is -2.18. The first kappa shape index (κ1) is 17.7. The zero-order chi connectivity index (χ0) is 17.5. The van der Waals surface area contributed by atoms with E-state index in [9.17, 15) is 9.59 Å². The number of benzene rings is 1. The van der Waals surface area contributed by atoms with Gasteiger partial charge < -0.3 is 5.32 Å². The molecule has 1 aromatic carbocycles. The summed E-state index contributed by atoms with van der Waals surface area (Å²) in [7, 11) is 0. The molecule has 0 aliphatic carbocycles. The second-order valence-electron chi connectivity index (χ2n) is 5.91. The second-order valence-corrected chi connectivity index (χ2v) is 5.91. The fourth-order valence-corrected chi connectivity index (χ4v) is 2.47. The van der Waals surface area contributed by atoms with E-state index in [4.69, 9.17) is 0 Å². The highest BCUT2D eigenvalue weighted by molar-refractivity contribution is 5.81. The monoisotopic (exact) mass is 325 g/mol. The number of nitrogens with one attached hydrogen (secondary N) is 1. The Kier molecular flexibility index (Phi) is 6.07. The molecule has 1 heterocycles. The van der Waals surface area contributed by atoms with Gasteiger partial charge in [0, 0.05) is 19.2 Å². The third-order valence-electron chi connectivity index (χ3n) is 3.46. The second kappa shape index (κ2) is 8.24. The van der Waals surface area contributed by atoms with Crippen molar-refractivity contribution in [2.45, 2.75) is 39.3 Å². The van der Waals surface area contributed by atoms with Crippen molar-refractivity contribution in [3.8, 4) is 0 Å². The van der Waals surface area contributed by atoms with Gasteiger partial charge in [-0.2, -0.15) is 0 Å². The molecule has 24 heavy (non-hydrogen) atoms. The SMILES string of the molecule is CC(=O)NC(CC(=O)n1ccccc1=NC(C)C)c1ccccc1. The largest absolute Gasteiger partial charge is 0.349 e. The van der Waals surface area contributed by atoms with Crippen LogP contribution in [0.1, 0.15) is 43.6 Å². The standard InChI is InChI=1S/C19H23N3O2/c1-14(2)20-18-11-7-8-12-22(18)19(24)13-17(21-15(3)23)16-9-5-4-6-10-16/h4-12,14,17H,13H2,1-3H3,(H,21,23). The van der Waals surface area contributed by atoms with Crippen LogP contribution in [0.5, 0.6) is 0 Å². The lowest BCUT2D eigenvalue weighted by molar-refractivity contribution is -0.119. The minimum atomic E-state index is -0.365. The van der Waals surface area contributed by atoms with Crippen molar-refractivity contribution >= 4 is 11.8 Å². The molecule has 0 spiro atoms. The van der Waals surface area contributed by atoms with Gasteiger partial charge in [-0.1, -0.05) is 36.4 Å². The molecule has 1 atom stereocenters. The van der Waals surface area contributed by atoms with Gasteiger partial charge in [-0.15, -0.1) is 0 Å². The summed E-state index contributed by atoms with van der Waals surface area (Å²) in [6.45, 7) is 5.38. The Balaban J connectivity index is 2.30. The molecule has 2 rings (SSSR count). The van der Waals surface area contributed by atoms with Crippen molar-refractivity contribution in [3.05, 3.63) is 65.8 Å².